The molecule has 0 saturated heterocycles. The Morgan fingerprint density at radius 3 is 2.56 bits per heavy atom. The number of aryl methyl sites for hydroxylation is 1. The van der Waals surface area contributed by atoms with Crippen LogP contribution in [0.25, 0.3) is 22.5 Å². The second-order valence-electron chi connectivity index (χ2n) is 7.80. The zero-order valence-electron chi connectivity index (χ0n) is 19.2. The average Bonchev–Trinajstić information content (AvgIpc) is 3.36. The fourth-order valence-electron chi connectivity index (χ4n) is 3.50. The number of aromatic amines is 1. The van der Waals surface area contributed by atoms with Crippen LogP contribution in [0.5, 0.6) is 5.75 Å². The molecule has 0 unspecified atom stereocenters. The largest absolute Gasteiger partial charge is 0.492 e. The minimum atomic E-state index is -4.67. The summed E-state index contributed by atoms with van der Waals surface area (Å²) in [6.07, 6.45) is -3.47. The minimum absolute atomic E-state index is 0.00235. The topological polar surface area (TPSA) is 106 Å². The van der Waals surface area contributed by atoms with Crippen LogP contribution < -0.4 is 10.1 Å². The zero-order valence-corrected chi connectivity index (χ0v) is 19.2. The lowest BCUT2D eigenvalue weighted by atomic mass is 10.0. The maximum atomic E-state index is 14.8. The van der Waals surface area contributed by atoms with Gasteiger partial charge < -0.3 is 10.1 Å². The molecule has 186 valence electrons. The van der Waals surface area contributed by atoms with Crippen molar-refractivity contribution in [3.8, 4) is 28.3 Å². The van der Waals surface area contributed by atoms with Crippen LogP contribution in [0.1, 0.15) is 23.7 Å². The fourth-order valence-corrected chi connectivity index (χ4v) is 3.50. The van der Waals surface area contributed by atoms with Gasteiger partial charge in [-0.05, 0) is 60.5 Å². The quantitative estimate of drug-likeness (QED) is 0.347. The predicted molar refractivity (Wildman–Crippen MR) is 122 cm³/mol. The van der Waals surface area contributed by atoms with Gasteiger partial charge in [0, 0.05) is 23.0 Å². The fraction of sp³-hybridized carbons (Fsp3) is 0.208. The number of halogens is 4. The summed E-state index contributed by atoms with van der Waals surface area (Å²) in [7, 11) is 0. The van der Waals surface area contributed by atoms with Gasteiger partial charge in [0.1, 0.15) is 11.6 Å². The van der Waals surface area contributed by atoms with Gasteiger partial charge in [-0.2, -0.15) is 18.4 Å². The number of hydrogen-bond acceptors (Lipinski definition) is 6. The summed E-state index contributed by atoms with van der Waals surface area (Å²) in [5.74, 6) is -0.829. The molecule has 4 rings (SSSR count). The van der Waals surface area contributed by atoms with Crippen molar-refractivity contribution in [1.82, 2.24) is 25.6 Å². The lowest BCUT2D eigenvalue weighted by molar-refractivity contribution is -0.137. The van der Waals surface area contributed by atoms with E-state index < -0.39 is 29.9 Å². The van der Waals surface area contributed by atoms with Gasteiger partial charge in [-0.15, -0.1) is 10.2 Å². The lowest BCUT2D eigenvalue weighted by Crippen LogP contribution is -2.16. The lowest BCUT2D eigenvalue weighted by Gasteiger charge is -2.13. The monoisotopic (exact) mass is 500 g/mol. The molecule has 2 aromatic carbocycles. The van der Waals surface area contributed by atoms with Crippen molar-refractivity contribution in [3.05, 3.63) is 71.3 Å². The predicted octanol–water partition coefficient (Wildman–Crippen LogP) is 4.97. The molecule has 0 aliphatic carbocycles. The Morgan fingerprint density at radius 2 is 1.89 bits per heavy atom. The van der Waals surface area contributed by atoms with Crippen LogP contribution >= 0.6 is 0 Å². The maximum Gasteiger partial charge on any atom is 0.416 e. The number of benzene rings is 2. The van der Waals surface area contributed by atoms with E-state index in [1.807, 2.05) is 6.92 Å². The van der Waals surface area contributed by atoms with E-state index in [1.165, 1.54) is 18.2 Å². The van der Waals surface area contributed by atoms with Gasteiger partial charge in [-0.1, -0.05) is 12.1 Å². The van der Waals surface area contributed by atoms with E-state index in [1.54, 1.807) is 25.3 Å². The van der Waals surface area contributed by atoms with Crippen molar-refractivity contribution in [1.29, 1.82) is 0 Å². The van der Waals surface area contributed by atoms with Gasteiger partial charge in [-0.3, -0.25) is 9.78 Å². The van der Waals surface area contributed by atoms with E-state index >= 15 is 0 Å². The number of tetrazole rings is 1. The molecular formula is C24H20F4N6O2. The molecule has 0 aliphatic heterocycles. The third kappa shape index (κ3) is 5.65. The van der Waals surface area contributed by atoms with E-state index in [4.69, 9.17) is 4.74 Å². The van der Waals surface area contributed by atoms with Gasteiger partial charge in [-0.25, -0.2) is 4.39 Å². The number of carbonyl (C=O) groups is 1. The smallest absolute Gasteiger partial charge is 0.416 e. The van der Waals surface area contributed by atoms with E-state index in [-0.39, 0.29) is 22.6 Å². The Kier molecular flexibility index (Phi) is 6.95. The normalized spacial score (nSPS) is 11.4. The van der Waals surface area contributed by atoms with Crippen molar-refractivity contribution >= 4 is 11.6 Å². The maximum absolute atomic E-state index is 14.8. The second-order valence-corrected chi connectivity index (χ2v) is 7.80. The first kappa shape index (κ1) is 24.8. The standard InChI is InChI=1S/C24H20F4N6O2/c1-3-36-21-9-17(12-29-13(21)2)14-4-5-15(20(25)8-14)10-22(35)30-19-7-16(23-31-33-34-32-23)6-18(11-19)24(26,27)28/h4-9,11-12H,3,10H2,1-2H3,(H,30,35)(H,31,32,33,34). The van der Waals surface area contributed by atoms with Crippen LogP contribution in [0, 0.1) is 12.7 Å². The van der Waals surface area contributed by atoms with Gasteiger partial charge in [0.2, 0.25) is 11.7 Å². The van der Waals surface area contributed by atoms with Crippen molar-refractivity contribution in [2.75, 3.05) is 11.9 Å². The van der Waals surface area contributed by atoms with Crippen LogP contribution in [0.4, 0.5) is 23.2 Å². The molecule has 2 aromatic heterocycles. The van der Waals surface area contributed by atoms with Gasteiger partial charge in [0.25, 0.3) is 0 Å². The number of amides is 1. The number of pyridine rings is 1. The summed E-state index contributed by atoms with van der Waals surface area (Å²) >= 11 is 0. The van der Waals surface area contributed by atoms with Crippen molar-refractivity contribution in [3.63, 3.8) is 0 Å². The van der Waals surface area contributed by atoms with E-state index in [0.29, 0.717) is 29.2 Å². The van der Waals surface area contributed by atoms with Gasteiger partial charge >= 0.3 is 6.18 Å². The Hall–Kier alpha value is -4.35. The highest BCUT2D eigenvalue weighted by Gasteiger charge is 2.32. The average molecular weight is 500 g/mol. The first-order valence-corrected chi connectivity index (χ1v) is 10.8. The number of aromatic nitrogens is 5. The van der Waals surface area contributed by atoms with E-state index in [0.717, 1.165) is 12.1 Å². The highest BCUT2D eigenvalue weighted by Crippen LogP contribution is 2.34. The molecule has 0 bridgehead atoms. The zero-order chi connectivity index (χ0) is 25.9. The molecule has 1 amide bonds. The Bertz CT molecular complexity index is 1390. The molecule has 0 atom stereocenters. The molecule has 0 saturated carbocycles. The Balaban J connectivity index is 1.53. The summed E-state index contributed by atoms with van der Waals surface area (Å²) in [6, 6.07) is 8.99. The number of H-pyrrole nitrogens is 1. The summed E-state index contributed by atoms with van der Waals surface area (Å²) in [5.41, 5.74) is 0.806. The van der Waals surface area contributed by atoms with Gasteiger partial charge in [0.05, 0.1) is 24.3 Å². The Labute approximate surface area is 202 Å². The number of alkyl halides is 3. The number of ether oxygens (including phenoxy) is 1. The van der Waals surface area contributed by atoms with Crippen LogP contribution in [0.15, 0.2) is 48.7 Å². The summed E-state index contributed by atoms with van der Waals surface area (Å²) in [5, 5.41) is 15.2. The van der Waals surface area contributed by atoms with E-state index in [9.17, 15) is 22.4 Å². The molecule has 0 radical (unpaired) electrons. The summed E-state index contributed by atoms with van der Waals surface area (Å²) in [4.78, 5) is 16.8. The number of hydrogen-bond donors (Lipinski definition) is 2. The van der Waals surface area contributed by atoms with Gasteiger partial charge in [0.15, 0.2) is 0 Å². The Morgan fingerprint density at radius 1 is 1.08 bits per heavy atom. The highest BCUT2D eigenvalue weighted by molar-refractivity contribution is 5.93. The summed E-state index contributed by atoms with van der Waals surface area (Å²) in [6.45, 7) is 4.10. The van der Waals surface area contributed by atoms with Crippen LogP contribution in [0.3, 0.4) is 0 Å². The molecule has 8 nitrogen and oxygen atoms in total. The minimum Gasteiger partial charge on any atom is -0.492 e. The third-order valence-electron chi connectivity index (χ3n) is 5.23. The van der Waals surface area contributed by atoms with Crippen LogP contribution in [-0.2, 0) is 17.4 Å². The van der Waals surface area contributed by atoms with Crippen LogP contribution in [0.2, 0.25) is 0 Å². The number of anilines is 1. The molecule has 36 heavy (non-hydrogen) atoms. The number of carbonyl (C=O) groups excluding carboxylic acids is 1. The summed E-state index contributed by atoms with van der Waals surface area (Å²) < 4.78 is 60.4. The molecule has 4 aromatic rings. The SMILES string of the molecule is CCOc1cc(-c2ccc(CC(=O)Nc3cc(-c4nn[nH]n4)cc(C(F)(F)F)c3)c(F)c2)cnc1C. The molecular weight excluding hydrogens is 480 g/mol. The molecule has 12 heteroatoms. The number of nitrogens with one attached hydrogen (secondary N) is 2. The first-order chi connectivity index (χ1) is 17.1. The van der Waals surface area contributed by atoms with Crippen molar-refractivity contribution in [2.24, 2.45) is 0 Å². The number of nitrogens with zero attached hydrogens (tertiary/aromatic N) is 4. The van der Waals surface area contributed by atoms with Crippen molar-refractivity contribution < 1.29 is 27.1 Å². The highest BCUT2D eigenvalue weighted by atomic mass is 19.4. The molecule has 0 aliphatic rings. The third-order valence-corrected chi connectivity index (χ3v) is 5.23. The molecule has 0 fully saturated rings. The first-order valence-electron chi connectivity index (χ1n) is 10.8. The van der Waals surface area contributed by atoms with E-state index in [2.05, 4.69) is 30.9 Å². The van der Waals surface area contributed by atoms with Crippen LogP contribution in [-0.4, -0.2) is 38.1 Å². The number of rotatable bonds is 7. The second kappa shape index (κ2) is 10.1. The molecule has 0 spiro atoms. The van der Waals surface area contributed by atoms with Crippen molar-refractivity contribution in [2.45, 2.75) is 26.4 Å². The molecule has 2 heterocycles. The molecule has 2 N–H and O–H groups in total.